The minimum Gasteiger partial charge on any atom is -0.299 e. The van der Waals surface area contributed by atoms with Crippen molar-refractivity contribution in [3.63, 3.8) is 0 Å². The van der Waals surface area contributed by atoms with Gasteiger partial charge in [0.05, 0.1) is 0 Å². The van der Waals surface area contributed by atoms with Crippen LogP contribution in [0.25, 0.3) is 0 Å². The SMILES string of the molecule is CC1CCN(Cc2cccc(Cl)c2)CC1. The highest BCUT2D eigenvalue weighted by atomic mass is 35.5. The molecule has 1 heterocycles. The topological polar surface area (TPSA) is 3.24 Å². The van der Waals surface area contributed by atoms with Crippen LogP contribution in [0.2, 0.25) is 5.02 Å². The van der Waals surface area contributed by atoms with Gasteiger partial charge in [-0.15, -0.1) is 0 Å². The Hall–Kier alpha value is -0.530. The van der Waals surface area contributed by atoms with Crippen molar-refractivity contribution in [3.05, 3.63) is 34.9 Å². The lowest BCUT2D eigenvalue weighted by molar-refractivity contribution is 0.185. The van der Waals surface area contributed by atoms with Crippen LogP contribution < -0.4 is 0 Å². The molecule has 0 N–H and O–H groups in total. The fraction of sp³-hybridized carbons (Fsp3) is 0.538. The average molecular weight is 224 g/mol. The highest BCUT2D eigenvalue weighted by Crippen LogP contribution is 2.19. The Morgan fingerprint density at radius 1 is 1.33 bits per heavy atom. The molecule has 0 bridgehead atoms. The van der Waals surface area contributed by atoms with Crippen LogP contribution in [0.15, 0.2) is 24.3 Å². The zero-order chi connectivity index (χ0) is 10.7. The Morgan fingerprint density at radius 3 is 2.73 bits per heavy atom. The van der Waals surface area contributed by atoms with Crippen LogP contribution in [0, 0.1) is 5.92 Å². The highest BCUT2D eigenvalue weighted by Gasteiger charge is 2.15. The molecule has 15 heavy (non-hydrogen) atoms. The molecule has 0 amide bonds. The Labute approximate surface area is 97.0 Å². The lowest BCUT2D eigenvalue weighted by atomic mass is 9.99. The number of likely N-dealkylation sites (tertiary alicyclic amines) is 1. The van der Waals surface area contributed by atoms with E-state index in [9.17, 15) is 0 Å². The van der Waals surface area contributed by atoms with Crippen LogP contribution in [0.1, 0.15) is 25.3 Å². The van der Waals surface area contributed by atoms with E-state index in [2.05, 4.69) is 24.0 Å². The molecule has 0 aliphatic carbocycles. The third-order valence-electron chi connectivity index (χ3n) is 3.17. The number of benzene rings is 1. The van der Waals surface area contributed by atoms with Gasteiger partial charge >= 0.3 is 0 Å². The average Bonchev–Trinajstić information content (AvgIpc) is 2.22. The molecule has 0 radical (unpaired) electrons. The van der Waals surface area contributed by atoms with Crippen LogP contribution in [-0.4, -0.2) is 18.0 Å². The maximum Gasteiger partial charge on any atom is 0.0409 e. The molecular weight excluding hydrogens is 206 g/mol. The maximum atomic E-state index is 5.97. The minimum absolute atomic E-state index is 0.845. The standard InChI is InChI=1S/C13H18ClN/c1-11-5-7-15(8-6-11)10-12-3-2-4-13(14)9-12/h2-4,9,11H,5-8,10H2,1H3. The van der Waals surface area contributed by atoms with Crippen molar-refractivity contribution in [2.75, 3.05) is 13.1 Å². The highest BCUT2D eigenvalue weighted by molar-refractivity contribution is 6.30. The number of rotatable bonds is 2. The first-order valence-corrected chi connectivity index (χ1v) is 6.08. The summed E-state index contributed by atoms with van der Waals surface area (Å²) in [4.78, 5) is 2.52. The Balaban J connectivity index is 1.92. The fourth-order valence-corrected chi connectivity index (χ4v) is 2.33. The monoisotopic (exact) mass is 223 g/mol. The zero-order valence-corrected chi connectivity index (χ0v) is 10.0. The molecule has 0 spiro atoms. The molecule has 82 valence electrons. The number of nitrogens with zero attached hydrogens (tertiary/aromatic N) is 1. The minimum atomic E-state index is 0.845. The summed E-state index contributed by atoms with van der Waals surface area (Å²) < 4.78 is 0. The Kier molecular flexibility index (Phi) is 3.66. The Morgan fingerprint density at radius 2 is 2.07 bits per heavy atom. The van der Waals surface area contributed by atoms with Crippen molar-refractivity contribution in [2.24, 2.45) is 5.92 Å². The first-order chi connectivity index (χ1) is 7.24. The van der Waals surface area contributed by atoms with E-state index >= 15 is 0 Å². The van der Waals surface area contributed by atoms with Gasteiger partial charge in [-0.2, -0.15) is 0 Å². The van der Waals surface area contributed by atoms with Crippen LogP contribution >= 0.6 is 11.6 Å². The van der Waals surface area contributed by atoms with Gasteiger partial charge in [0.15, 0.2) is 0 Å². The van der Waals surface area contributed by atoms with Crippen molar-refractivity contribution in [1.82, 2.24) is 4.90 Å². The zero-order valence-electron chi connectivity index (χ0n) is 9.25. The molecule has 2 rings (SSSR count). The maximum absolute atomic E-state index is 5.97. The molecule has 0 saturated carbocycles. The number of halogens is 1. The molecule has 0 unspecified atom stereocenters. The van der Waals surface area contributed by atoms with Gasteiger partial charge in [0.1, 0.15) is 0 Å². The second-order valence-corrected chi connectivity index (χ2v) is 5.03. The summed E-state index contributed by atoms with van der Waals surface area (Å²) in [5.74, 6) is 0.903. The molecule has 1 aliphatic heterocycles. The molecule has 0 aromatic heterocycles. The molecule has 1 saturated heterocycles. The van der Waals surface area contributed by atoms with Gasteiger partial charge in [0.25, 0.3) is 0 Å². The van der Waals surface area contributed by atoms with Crippen molar-refractivity contribution in [3.8, 4) is 0 Å². The first-order valence-electron chi connectivity index (χ1n) is 5.71. The van der Waals surface area contributed by atoms with E-state index in [-0.39, 0.29) is 0 Å². The lowest BCUT2D eigenvalue weighted by Gasteiger charge is -2.30. The fourth-order valence-electron chi connectivity index (χ4n) is 2.11. The van der Waals surface area contributed by atoms with Crippen LogP contribution in [0.3, 0.4) is 0 Å². The van der Waals surface area contributed by atoms with Gasteiger partial charge in [-0.3, -0.25) is 4.90 Å². The first kappa shape index (κ1) is 11.0. The molecule has 0 atom stereocenters. The summed E-state index contributed by atoms with van der Waals surface area (Å²) in [6.07, 6.45) is 2.67. The van der Waals surface area contributed by atoms with E-state index < -0.39 is 0 Å². The molecule has 2 heteroatoms. The van der Waals surface area contributed by atoms with E-state index in [1.54, 1.807) is 0 Å². The second kappa shape index (κ2) is 5.00. The third kappa shape index (κ3) is 3.22. The number of piperidine rings is 1. The van der Waals surface area contributed by atoms with Gasteiger partial charge in [0.2, 0.25) is 0 Å². The van der Waals surface area contributed by atoms with Gasteiger partial charge < -0.3 is 0 Å². The molecule has 1 aliphatic rings. The van der Waals surface area contributed by atoms with Gasteiger partial charge in [-0.05, 0) is 49.5 Å². The molecule has 1 nitrogen and oxygen atoms in total. The summed E-state index contributed by atoms with van der Waals surface area (Å²) in [7, 11) is 0. The van der Waals surface area contributed by atoms with E-state index in [1.165, 1.54) is 31.5 Å². The van der Waals surface area contributed by atoms with Gasteiger partial charge in [-0.1, -0.05) is 30.7 Å². The Bertz CT molecular complexity index is 316. The predicted octanol–water partition coefficient (Wildman–Crippen LogP) is 3.57. The van der Waals surface area contributed by atoms with Crippen molar-refractivity contribution < 1.29 is 0 Å². The largest absolute Gasteiger partial charge is 0.299 e. The lowest BCUT2D eigenvalue weighted by Crippen LogP contribution is -2.32. The van der Waals surface area contributed by atoms with E-state index in [0.29, 0.717) is 0 Å². The van der Waals surface area contributed by atoms with Gasteiger partial charge in [-0.25, -0.2) is 0 Å². The van der Waals surface area contributed by atoms with E-state index in [4.69, 9.17) is 11.6 Å². The molecule has 1 fully saturated rings. The molecule has 1 aromatic rings. The summed E-state index contributed by atoms with van der Waals surface area (Å²) in [5, 5.41) is 0.845. The normalized spacial score (nSPS) is 19.3. The summed E-state index contributed by atoms with van der Waals surface area (Å²) in [6.45, 7) is 5.85. The second-order valence-electron chi connectivity index (χ2n) is 4.59. The van der Waals surface area contributed by atoms with E-state index in [1.807, 2.05) is 12.1 Å². The molecule has 1 aromatic carbocycles. The third-order valence-corrected chi connectivity index (χ3v) is 3.41. The van der Waals surface area contributed by atoms with Crippen molar-refractivity contribution in [1.29, 1.82) is 0 Å². The summed E-state index contributed by atoms with van der Waals surface area (Å²) >= 11 is 5.97. The number of hydrogen-bond donors (Lipinski definition) is 0. The quantitative estimate of drug-likeness (QED) is 0.741. The summed E-state index contributed by atoms with van der Waals surface area (Å²) in [6, 6.07) is 8.19. The summed E-state index contributed by atoms with van der Waals surface area (Å²) in [5.41, 5.74) is 1.33. The van der Waals surface area contributed by atoms with Crippen molar-refractivity contribution in [2.45, 2.75) is 26.3 Å². The van der Waals surface area contributed by atoms with Crippen LogP contribution in [0.5, 0.6) is 0 Å². The van der Waals surface area contributed by atoms with Crippen LogP contribution in [-0.2, 0) is 6.54 Å². The molecular formula is C13H18ClN. The van der Waals surface area contributed by atoms with Crippen LogP contribution in [0.4, 0.5) is 0 Å². The van der Waals surface area contributed by atoms with Crippen molar-refractivity contribution >= 4 is 11.6 Å². The number of hydrogen-bond acceptors (Lipinski definition) is 1. The van der Waals surface area contributed by atoms with Gasteiger partial charge in [0, 0.05) is 11.6 Å². The smallest absolute Gasteiger partial charge is 0.0409 e. The van der Waals surface area contributed by atoms with E-state index in [0.717, 1.165) is 17.5 Å². The predicted molar refractivity (Wildman–Crippen MR) is 65.1 cm³/mol.